The predicted octanol–water partition coefficient (Wildman–Crippen LogP) is 2.49. The summed E-state index contributed by atoms with van der Waals surface area (Å²) in [6.45, 7) is 5.96. The van der Waals surface area contributed by atoms with E-state index in [1.54, 1.807) is 36.6 Å². The molecule has 1 heterocycles. The average molecular weight is 376 g/mol. The van der Waals surface area contributed by atoms with E-state index >= 15 is 0 Å². The van der Waals surface area contributed by atoms with Crippen molar-refractivity contribution in [3.05, 3.63) is 50.0 Å². The van der Waals surface area contributed by atoms with Crippen LogP contribution in [0.3, 0.4) is 0 Å². The van der Waals surface area contributed by atoms with Crippen molar-refractivity contribution >= 4 is 28.7 Å². The van der Waals surface area contributed by atoms with Gasteiger partial charge in [-0.3, -0.25) is 15.1 Å². The molecule has 26 heavy (non-hydrogen) atoms. The molecule has 0 aliphatic heterocycles. The number of aryl methyl sites for hydroxylation is 2. The van der Waals surface area contributed by atoms with E-state index in [1.165, 1.54) is 10.9 Å². The number of nitro groups is 1. The molecule has 9 heteroatoms. The minimum atomic E-state index is -0.391. The van der Waals surface area contributed by atoms with Crippen LogP contribution in [-0.4, -0.2) is 42.5 Å². The number of nitrogens with one attached hydrogen (secondary N) is 3. The zero-order valence-corrected chi connectivity index (χ0v) is 16.0. The molecule has 0 aliphatic rings. The van der Waals surface area contributed by atoms with E-state index in [0.717, 1.165) is 23.7 Å². The van der Waals surface area contributed by atoms with E-state index in [9.17, 15) is 10.1 Å². The van der Waals surface area contributed by atoms with Crippen LogP contribution >= 0.6 is 11.3 Å². The topological polar surface area (TPSA) is 104 Å². The van der Waals surface area contributed by atoms with Crippen molar-refractivity contribution in [1.29, 1.82) is 0 Å². The Balaban J connectivity index is 1.71. The molecule has 0 atom stereocenters. The second-order valence-corrected chi connectivity index (χ2v) is 6.91. The van der Waals surface area contributed by atoms with Crippen molar-refractivity contribution in [3.8, 4) is 0 Å². The summed E-state index contributed by atoms with van der Waals surface area (Å²) < 4.78 is 0. The highest BCUT2D eigenvalue weighted by Crippen LogP contribution is 2.22. The van der Waals surface area contributed by atoms with Crippen LogP contribution in [0.2, 0.25) is 0 Å². The van der Waals surface area contributed by atoms with Gasteiger partial charge in [-0.15, -0.1) is 11.3 Å². The fraction of sp³-hybridized carbons (Fsp3) is 0.412. The first-order valence-electron chi connectivity index (χ1n) is 8.36. The molecule has 0 radical (unpaired) electrons. The summed E-state index contributed by atoms with van der Waals surface area (Å²) in [5.74, 6) is 0.694. The molecular weight excluding hydrogens is 352 g/mol. The molecule has 0 fully saturated rings. The second kappa shape index (κ2) is 9.71. The zero-order valence-electron chi connectivity index (χ0n) is 15.2. The number of anilines is 1. The van der Waals surface area contributed by atoms with Crippen LogP contribution in [0.25, 0.3) is 0 Å². The summed E-state index contributed by atoms with van der Waals surface area (Å²) >= 11 is 1.72. The number of hydrogen-bond donors (Lipinski definition) is 3. The van der Waals surface area contributed by atoms with Crippen molar-refractivity contribution in [2.75, 3.05) is 32.0 Å². The van der Waals surface area contributed by atoms with Gasteiger partial charge in [0.1, 0.15) is 5.69 Å². The lowest BCUT2D eigenvalue weighted by atomic mass is 10.2. The Morgan fingerprint density at radius 1 is 1.23 bits per heavy atom. The van der Waals surface area contributed by atoms with Gasteiger partial charge in [-0.1, -0.05) is 12.1 Å². The van der Waals surface area contributed by atoms with Gasteiger partial charge in [0.25, 0.3) is 5.69 Å². The van der Waals surface area contributed by atoms with Gasteiger partial charge in [0.15, 0.2) is 5.96 Å². The fourth-order valence-corrected chi connectivity index (χ4v) is 3.25. The molecule has 2 rings (SSSR count). The lowest BCUT2D eigenvalue weighted by Crippen LogP contribution is -2.40. The Morgan fingerprint density at radius 2 is 1.96 bits per heavy atom. The SMILES string of the molecule is CN=C(NCCNc1ccccc1[N+](=O)[O-])NCCc1nc(C)c(C)s1. The zero-order chi connectivity index (χ0) is 18.9. The van der Waals surface area contributed by atoms with Crippen LogP contribution in [0.1, 0.15) is 15.6 Å². The first kappa shape index (κ1) is 19.6. The number of guanidine groups is 1. The van der Waals surface area contributed by atoms with Gasteiger partial charge in [0.05, 0.1) is 15.6 Å². The molecule has 0 spiro atoms. The number of aromatic nitrogens is 1. The fourth-order valence-electron chi connectivity index (χ4n) is 2.31. The number of thiazole rings is 1. The highest BCUT2D eigenvalue weighted by atomic mass is 32.1. The van der Waals surface area contributed by atoms with Gasteiger partial charge in [0.2, 0.25) is 0 Å². The van der Waals surface area contributed by atoms with E-state index in [0.29, 0.717) is 24.7 Å². The third kappa shape index (κ3) is 5.69. The van der Waals surface area contributed by atoms with Gasteiger partial charge in [-0.25, -0.2) is 4.98 Å². The molecular formula is C17H24N6O2S. The number of hydrogen-bond acceptors (Lipinski definition) is 6. The highest BCUT2D eigenvalue weighted by molar-refractivity contribution is 7.11. The van der Waals surface area contributed by atoms with Gasteiger partial charge in [-0.2, -0.15) is 0 Å². The quantitative estimate of drug-likeness (QED) is 0.215. The standard InChI is InChI=1S/C17H24N6O2S/c1-12-13(2)26-16(22-12)8-9-20-17(18-3)21-11-10-19-14-6-4-5-7-15(14)23(24)25/h4-7,19H,8-11H2,1-3H3,(H2,18,20,21). The van der Waals surface area contributed by atoms with Crippen LogP contribution in [-0.2, 0) is 6.42 Å². The Bertz CT molecular complexity index is 755. The molecule has 0 saturated carbocycles. The maximum atomic E-state index is 11.0. The third-order valence-electron chi connectivity index (χ3n) is 3.76. The smallest absolute Gasteiger partial charge is 0.292 e. The van der Waals surface area contributed by atoms with E-state index in [-0.39, 0.29) is 5.69 Å². The number of aliphatic imine (C=N–C) groups is 1. The summed E-state index contributed by atoms with van der Waals surface area (Å²) in [6.07, 6.45) is 0.842. The minimum absolute atomic E-state index is 0.0732. The van der Waals surface area contributed by atoms with Crippen molar-refractivity contribution in [2.45, 2.75) is 20.3 Å². The van der Waals surface area contributed by atoms with Crippen LogP contribution in [0.4, 0.5) is 11.4 Å². The molecule has 140 valence electrons. The lowest BCUT2D eigenvalue weighted by molar-refractivity contribution is -0.384. The molecule has 1 aromatic heterocycles. The first-order chi connectivity index (χ1) is 12.5. The van der Waals surface area contributed by atoms with E-state index in [1.807, 2.05) is 6.92 Å². The third-order valence-corrected chi connectivity index (χ3v) is 4.89. The van der Waals surface area contributed by atoms with Crippen LogP contribution in [0.5, 0.6) is 0 Å². The summed E-state index contributed by atoms with van der Waals surface area (Å²) in [7, 11) is 1.71. The van der Waals surface area contributed by atoms with Crippen molar-refractivity contribution < 1.29 is 4.92 Å². The number of rotatable bonds is 8. The molecule has 1 aromatic carbocycles. The lowest BCUT2D eigenvalue weighted by Gasteiger charge is -2.12. The molecule has 0 aliphatic carbocycles. The summed E-state index contributed by atoms with van der Waals surface area (Å²) in [5, 5.41) is 21.6. The van der Waals surface area contributed by atoms with E-state index < -0.39 is 4.92 Å². The Morgan fingerprint density at radius 3 is 2.62 bits per heavy atom. The van der Waals surface area contributed by atoms with Gasteiger partial charge in [0, 0.05) is 44.0 Å². The normalized spacial score (nSPS) is 11.3. The monoisotopic (exact) mass is 376 g/mol. The van der Waals surface area contributed by atoms with Crippen LogP contribution in [0.15, 0.2) is 29.3 Å². The molecule has 2 aromatic rings. The molecule has 3 N–H and O–H groups in total. The largest absolute Gasteiger partial charge is 0.378 e. The average Bonchev–Trinajstić information content (AvgIpc) is 2.95. The minimum Gasteiger partial charge on any atom is -0.378 e. The molecule has 8 nitrogen and oxygen atoms in total. The van der Waals surface area contributed by atoms with E-state index in [2.05, 4.69) is 32.9 Å². The number of nitro benzene ring substituents is 1. The Labute approximate surface area is 156 Å². The van der Waals surface area contributed by atoms with Gasteiger partial charge >= 0.3 is 0 Å². The van der Waals surface area contributed by atoms with Crippen molar-refractivity contribution in [2.24, 2.45) is 4.99 Å². The number of nitrogens with zero attached hydrogens (tertiary/aromatic N) is 3. The summed E-state index contributed by atoms with van der Waals surface area (Å²) in [6, 6.07) is 6.60. The first-order valence-corrected chi connectivity index (χ1v) is 9.17. The number of benzene rings is 1. The predicted molar refractivity (Wildman–Crippen MR) is 106 cm³/mol. The summed E-state index contributed by atoms with van der Waals surface area (Å²) in [5.41, 5.74) is 1.68. The molecule has 0 unspecified atom stereocenters. The van der Waals surface area contributed by atoms with Crippen LogP contribution in [0, 0.1) is 24.0 Å². The maximum Gasteiger partial charge on any atom is 0.292 e. The summed E-state index contributed by atoms with van der Waals surface area (Å²) in [4.78, 5) is 20.5. The highest BCUT2D eigenvalue weighted by Gasteiger charge is 2.11. The molecule has 0 amide bonds. The Hall–Kier alpha value is -2.68. The maximum absolute atomic E-state index is 11.0. The van der Waals surface area contributed by atoms with Crippen molar-refractivity contribution in [1.82, 2.24) is 15.6 Å². The van der Waals surface area contributed by atoms with E-state index in [4.69, 9.17) is 0 Å². The molecule has 0 saturated heterocycles. The van der Waals surface area contributed by atoms with Crippen LogP contribution < -0.4 is 16.0 Å². The van der Waals surface area contributed by atoms with Gasteiger partial charge < -0.3 is 16.0 Å². The van der Waals surface area contributed by atoms with Crippen molar-refractivity contribution in [3.63, 3.8) is 0 Å². The Kier molecular flexibility index (Phi) is 7.34. The number of para-hydroxylation sites is 2. The van der Waals surface area contributed by atoms with Gasteiger partial charge in [-0.05, 0) is 19.9 Å². The molecule has 0 bridgehead atoms. The second-order valence-electron chi connectivity index (χ2n) is 5.63.